The second kappa shape index (κ2) is 9.29. The normalized spacial score (nSPS) is 14.4. The van der Waals surface area contributed by atoms with Gasteiger partial charge in [-0.1, -0.05) is 23.4 Å². The summed E-state index contributed by atoms with van der Waals surface area (Å²) in [7, 11) is 0. The molecular weight excluding hydrogens is 468 g/mol. The Morgan fingerprint density at radius 3 is 2.70 bits per heavy atom. The van der Waals surface area contributed by atoms with Gasteiger partial charge in [0.2, 0.25) is 0 Å². The number of hydrogen-bond donors (Lipinski definition) is 1. The molecule has 37 heavy (non-hydrogen) atoms. The molecule has 0 atom stereocenters. The van der Waals surface area contributed by atoms with Gasteiger partial charge in [-0.3, -0.25) is 4.79 Å². The van der Waals surface area contributed by atoms with E-state index in [4.69, 9.17) is 10.5 Å². The molecule has 0 saturated carbocycles. The van der Waals surface area contributed by atoms with E-state index in [9.17, 15) is 4.79 Å². The Balaban J connectivity index is 1.51. The van der Waals surface area contributed by atoms with E-state index in [-0.39, 0.29) is 11.6 Å². The molecule has 5 aromatic rings. The fourth-order valence-corrected chi connectivity index (χ4v) is 5.17. The predicted octanol–water partition coefficient (Wildman–Crippen LogP) is 3.75. The molecule has 0 bridgehead atoms. The first-order chi connectivity index (χ1) is 18.0. The van der Waals surface area contributed by atoms with E-state index in [1.54, 1.807) is 16.8 Å². The van der Waals surface area contributed by atoms with Crippen LogP contribution >= 0.6 is 0 Å². The number of anilines is 1. The minimum absolute atomic E-state index is 0.00375. The zero-order valence-corrected chi connectivity index (χ0v) is 20.8. The van der Waals surface area contributed by atoms with Crippen LogP contribution in [0.5, 0.6) is 0 Å². The molecule has 1 aliphatic rings. The van der Waals surface area contributed by atoms with Crippen LogP contribution in [0.15, 0.2) is 59.9 Å². The van der Waals surface area contributed by atoms with Crippen molar-refractivity contribution in [3.63, 3.8) is 0 Å². The summed E-state index contributed by atoms with van der Waals surface area (Å²) in [5.41, 5.74) is 13.7. The molecule has 10 nitrogen and oxygen atoms in total. The van der Waals surface area contributed by atoms with E-state index in [0.29, 0.717) is 31.1 Å². The lowest BCUT2D eigenvalue weighted by molar-refractivity contribution is 0.0662. The molecule has 5 heterocycles. The van der Waals surface area contributed by atoms with E-state index in [0.717, 1.165) is 52.0 Å². The molecule has 0 unspecified atom stereocenters. The third-order valence-electron chi connectivity index (χ3n) is 7.11. The molecule has 0 aliphatic carbocycles. The molecule has 1 saturated heterocycles. The lowest BCUT2D eigenvalue weighted by Gasteiger charge is -2.23. The lowest BCUT2D eigenvalue weighted by atomic mass is 9.99. The Bertz CT molecular complexity index is 1660. The number of nitrogens with two attached hydrogens (primary N) is 1. The third kappa shape index (κ3) is 3.99. The number of hydrogen-bond acceptors (Lipinski definition) is 7. The summed E-state index contributed by atoms with van der Waals surface area (Å²) < 4.78 is 11.1. The van der Waals surface area contributed by atoms with E-state index in [1.807, 2.05) is 41.4 Å². The molecule has 2 N–H and O–H groups in total. The monoisotopic (exact) mass is 496 g/mol. The van der Waals surface area contributed by atoms with E-state index in [1.165, 1.54) is 6.33 Å². The second-order valence-corrected chi connectivity index (χ2v) is 9.33. The number of pyridine rings is 1. The summed E-state index contributed by atoms with van der Waals surface area (Å²) in [6.45, 7) is 5.95. The van der Waals surface area contributed by atoms with Crippen LogP contribution in [0.3, 0.4) is 0 Å². The van der Waals surface area contributed by atoms with Crippen molar-refractivity contribution in [2.45, 2.75) is 39.3 Å². The number of rotatable bonds is 5. The van der Waals surface area contributed by atoms with Gasteiger partial charge in [0.05, 0.1) is 23.6 Å². The summed E-state index contributed by atoms with van der Waals surface area (Å²) in [6.07, 6.45) is 6.92. The summed E-state index contributed by atoms with van der Waals surface area (Å²) >= 11 is 0. The predicted molar refractivity (Wildman–Crippen MR) is 141 cm³/mol. The highest BCUT2D eigenvalue weighted by atomic mass is 16.5. The van der Waals surface area contributed by atoms with Crippen molar-refractivity contribution in [1.29, 1.82) is 0 Å². The fraction of sp³-hybridized carbons (Fsp3) is 0.296. The Hall–Kier alpha value is -4.31. The van der Waals surface area contributed by atoms with Gasteiger partial charge in [-0.2, -0.15) is 5.10 Å². The molecule has 0 spiro atoms. The zero-order chi connectivity index (χ0) is 25.5. The average molecular weight is 497 g/mol. The molecule has 1 aromatic carbocycles. The SMILES string of the molecule is CCn1cc(-c2cccc(-c3cc(-c4cnnn4C4CCOCC4)c4c(N)ncnn34)c2)c(C)cc1=O. The highest BCUT2D eigenvalue weighted by Crippen LogP contribution is 2.37. The first-order valence-corrected chi connectivity index (χ1v) is 12.5. The van der Waals surface area contributed by atoms with Crippen molar-refractivity contribution in [2.24, 2.45) is 0 Å². The lowest BCUT2D eigenvalue weighted by Crippen LogP contribution is -2.21. The molecule has 188 valence electrons. The Kier molecular flexibility index (Phi) is 5.80. The third-order valence-corrected chi connectivity index (χ3v) is 7.11. The molecule has 0 amide bonds. The number of ether oxygens (including phenoxy) is 1. The summed E-state index contributed by atoms with van der Waals surface area (Å²) in [5, 5.41) is 13.2. The van der Waals surface area contributed by atoms with E-state index < -0.39 is 0 Å². The number of aryl methyl sites for hydroxylation is 2. The second-order valence-electron chi connectivity index (χ2n) is 9.33. The smallest absolute Gasteiger partial charge is 0.250 e. The average Bonchev–Trinajstić information content (AvgIpc) is 3.55. The molecule has 4 aromatic heterocycles. The number of benzene rings is 1. The first-order valence-electron chi connectivity index (χ1n) is 12.5. The van der Waals surface area contributed by atoms with Gasteiger partial charge in [-0.15, -0.1) is 5.10 Å². The van der Waals surface area contributed by atoms with Crippen LogP contribution in [0.2, 0.25) is 0 Å². The van der Waals surface area contributed by atoms with Crippen LogP contribution in [0.25, 0.3) is 39.2 Å². The van der Waals surface area contributed by atoms with Crippen molar-refractivity contribution >= 4 is 11.3 Å². The molecule has 1 fully saturated rings. The van der Waals surface area contributed by atoms with Crippen LogP contribution in [-0.4, -0.2) is 47.4 Å². The van der Waals surface area contributed by atoms with Gasteiger partial charge < -0.3 is 15.0 Å². The van der Waals surface area contributed by atoms with Crippen LogP contribution in [0.1, 0.15) is 31.4 Å². The Morgan fingerprint density at radius 1 is 1.08 bits per heavy atom. The maximum absolute atomic E-state index is 12.3. The van der Waals surface area contributed by atoms with Crippen LogP contribution in [-0.2, 0) is 11.3 Å². The number of nitrogens with zero attached hydrogens (tertiary/aromatic N) is 7. The van der Waals surface area contributed by atoms with Gasteiger partial charge in [-0.05, 0) is 49.9 Å². The molecule has 0 radical (unpaired) electrons. The highest BCUT2D eigenvalue weighted by Gasteiger charge is 2.24. The van der Waals surface area contributed by atoms with Crippen molar-refractivity contribution < 1.29 is 4.74 Å². The minimum Gasteiger partial charge on any atom is -0.382 e. The summed E-state index contributed by atoms with van der Waals surface area (Å²) in [4.78, 5) is 16.6. The topological polar surface area (TPSA) is 118 Å². The number of nitrogen functional groups attached to an aromatic ring is 1. The number of fused-ring (bicyclic) bond motifs is 1. The molecular formula is C27H28N8O2. The van der Waals surface area contributed by atoms with Gasteiger partial charge in [0.25, 0.3) is 5.56 Å². The largest absolute Gasteiger partial charge is 0.382 e. The maximum atomic E-state index is 12.3. The summed E-state index contributed by atoms with van der Waals surface area (Å²) in [5.74, 6) is 0.387. The van der Waals surface area contributed by atoms with E-state index >= 15 is 0 Å². The zero-order valence-electron chi connectivity index (χ0n) is 20.8. The molecule has 10 heteroatoms. The van der Waals surface area contributed by atoms with Gasteiger partial charge >= 0.3 is 0 Å². The van der Waals surface area contributed by atoms with Crippen molar-refractivity contribution in [3.05, 3.63) is 71.0 Å². The minimum atomic E-state index is 0.00375. The fourth-order valence-electron chi connectivity index (χ4n) is 5.17. The van der Waals surface area contributed by atoms with Gasteiger partial charge in [0.15, 0.2) is 5.82 Å². The maximum Gasteiger partial charge on any atom is 0.250 e. The Labute approximate surface area is 213 Å². The van der Waals surface area contributed by atoms with Gasteiger partial charge in [-0.25, -0.2) is 14.2 Å². The molecule has 6 rings (SSSR count). The number of aromatic nitrogens is 7. The van der Waals surface area contributed by atoms with Gasteiger partial charge in [0.1, 0.15) is 11.8 Å². The van der Waals surface area contributed by atoms with Crippen LogP contribution in [0.4, 0.5) is 5.82 Å². The summed E-state index contributed by atoms with van der Waals surface area (Å²) in [6, 6.07) is 12.2. The van der Waals surface area contributed by atoms with Crippen molar-refractivity contribution in [3.8, 4) is 33.6 Å². The standard InChI is InChI=1S/C27H28N8O2/c1-3-33-15-22(17(2)11-25(33)36)18-5-4-6-19(12-18)23-13-21(26-27(28)29-16-31-35(23)26)24-14-30-32-34(24)20-7-9-37-10-8-20/h4-6,11-16,20H,3,7-10H2,1-2H3,(H2,28,29,31). The molecule has 1 aliphatic heterocycles. The first kappa shape index (κ1) is 23.1. The highest BCUT2D eigenvalue weighted by molar-refractivity contribution is 5.91. The van der Waals surface area contributed by atoms with Crippen LogP contribution in [0, 0.1) is 6.92 Å². The van der Waals surface area contributed by atoms with Gasteiger partial charge in [0, 0.05) is 48.7 Å². The van der Waals surface area contributed by atoms with E-state index in [2.05, 4.69) is 38.6 Å². The van der Waals surface area contributed by atoms with Crippen LogP contribution < -0.4 is 11.3 Å². The van der Waals surface area contributed by atoms with Crippen molar-refractivity contribution in [1.82, 2.24) is 34.2 Å². The quantitative estimate of drug-likeness (QED) is 0.394. The van der Waals surface area contributed by atoms with Crippen molar-refractivity contribution in [2.75, 3.05) is 18.9 Å². The Morgan fingerprint density at radius 2 is 1.89 bits per heavy atom.